The number of amides is 1. The topological polar surface area (TPSA) is 41.1 Å². The van der Waals surface area contributed by atoms with Gasteiger partial charge in [-0.25, -0.2) is 0 Å². The number of nitrogens with one attached hydrogen (secondary N) is 2. The minimum atomic E-state index is -0.171. The number of hydrogen-bond donors (Lipinski definition) is 2. The smallest absolute Gasteiger partial charge is 0.255 e. The van der Waals surface area contributed by atoms with Gasteiger partial charge < -0.3 is 10.6 Å². The fourth-order valence-corrected chi connectivity index (χ4v) is 1.88. The van der Waals surface area contributed by atoms with Crippen molar-refractivity contribution in [2.75, 3.05) is 17.7 Å². The Morgan fingerprint density at radius 2 is 1.79 bits per heavy atom. The van der Waals surface area contributed by atoms with Gasteiger partial charge in [0.1, 0.15) is 0 Å². The van der Waals surface area contributed by atoms with Crippen LogP contribution in [0, 0.1) is 6.92 Å². The quantitative estimate of drug-likeness (QED) is 0.890. The summed E-state index contributed by atoms with van der Waals surface area (Å²) < 4.78 is 0. The maximum Gasteiger partial charge on any atom is 0.255 e. The fraction of sp³-hybridized carbons (Fsp3) is 0.133. The van der Waals surface area contributed by atoms with Crippen molar-refractivity contribution >= 4 is 28.9 Å². The molecule has 2 aromatic carbocycles. The normalized spacial score (nSPS) is 10.1. The first-order valence-electron chi connectivity index (χ1n) is 5.95. The van der Waals surface area contributed by atoms with E-state index in [0.29, 0.717) is 16.3 Å². The van der Waals surface area contributed by atoms with E-state index in [0.717, 1.165) is 11.3 Å². The highest BCUT2D eigenvalue weighted by Gasteiger charge is 2.08. The van der Waals surface area contributed by atoms with Gasteiger partial charge in [0.05, 0.1) is 10.7 Å². The molecule has 2 rings (SSSR count). The lowest BCUT2D eigenvalue weighted by Crippen LogP contribution is -2.12. The van der Waals surface area contributed by atoms with Gasteiger partial charge in [0.25, 0.3) is 5.91 Å². The van der Waals surface area contributed by atoms with Gasteiger partial charge in [0.2, 0.25) is 0 Å². The highest BCUT2D eigenvalue weighted by molar-refractivity contribution is 6.33. The molecule has 0 radical (unpaired) electrons. The third-order valence-corrected chi connectivity index (χ3v) is 3.14. The minimum Gasteiger partial charge on any atom is -0.388 e. The van der Waals surface area contributed by atoms with Crippen LogP contribution in [-0.2, 0) is 0 Å². The van der Waals surface area contributed by atoms with Gasteiger partial charge in [-0.15, -0.1) is 0 Å². The van der Waals surface area contributed by atoms with Gasteiger partial charge in [-0.2, -0.15) is 0 Å². The van der Waals surface area contributed by atoms with Crippen molar-refractivity contribution in [2.24, 2.45) is 0 Å². The Kier molecular flexibility index (Phi) is 4.07. The van der Waals surface area contributed by atoms with E-state index in [9.17, 15) is 4.79 Å². The maximum absolute atomic E-state index is 12.1. The predicted octanol–water partition coefficient (Wildman–Crippen LogP) is 3.94. The van der Waals surface area contributed by atoms with Crippen LogP contribution in [0.25, 0.3) is 0 Å². The summed E-state index contributed by atoms with van der Waals surface area (Å²) in [5.41, 5.74) is 3.23. The Balaban J connectivity index is 2.18. The molecule has 0 heterocycles. The first kappa shape index (κ1) is 13.4. The highest BCUT2D eigenvalue weighted by Crippen LogP contribution is 2.23. The summed E-state index contributed by atoms with van der Waals surface area (Å²) in [4.78, 5) is 12.1. The predicted molar refractivity (Wildman–Crippen MR) is 80.1 cm³/mol. The number of carbonyl (C=O) groups is 1. The van der Waals surface area contributed by atoms with Crippen LogP contribution in [0.5, 0.6) is 0 Å². The fourth-order valence-electron chi connectivity index (χ4n) is 1.72. The third-order valence-electron chi connectivity index (χ3n) is 2.81. The van der Waals surface area contributed by atoms with Crippen molar-refractivity contribution in [3.05, 3.63) is 58.6 Å². The zero-order chi connectivity index (χ0) is 13.8. The van der Waals surface area contributed by atoms with E-state index in [-0.39, 0.29) is 5.91 Å². The van der Waals surface area contributed by atoms with Crippen LogP contribution in [0.2, 0.25) is 5.02 Å². The second-order valence-corrected chi connectivity index (χ2v) is 4.67. The zero-order valence-electron chi connectivity index (χ0n) is 10.8. The molecule has 1 amide bonds. The molecule has 0 aromatic heterocycles. The number of benzene rings is 2. The number of halogens is 1. The molecule has 3 nitrogen and oxygen atoms in total. The Hall–Kier alpha value is -2.00. The monoisotopic (exact) mass is 274 g/mol. The summed E-state index contributed by atoms with van der Waals surface area (Å²) in [5, 5.41) is 6.35. The van der Waals surface area contributed by atoms with Crippen LogP contribution in [0.1, 0.15) is 15.9 Å². The maximum atomic E-state index is 12.1. The molecule has 2 aromatic rings. The Morgan fingerprint density at radius 1 is 1.11 bits per heavy atom. The summed E-state index contributed by atoms with van der Waals surface area (Å²) in [6.45, 7) is 1.95. The molecular formula is C15H15ClN2O. The molecule has 0 fully saturated rings. The van der Waals surface area contributed by atoms with E-state index in [2.05, 4.69) is 10.6 Å². The van der Waals surface area contributed by atoms with Gasteiger partial charge in [-0.05, 0) is 48.9 Å². The minimum absolute atomic E-state index is 0.171. The van der Waals surface area contributed by atoms with Crippen LogP contribution in [0.4, 0.5) is 11.4 Å². The molecule has 0 unspecified atom stereocenters. The van der Waals surface area contributed by atoms with Crippen molar-refractivity contribution in [3.8, 4) is 0 Å². The largest absolute Gasteiger partial charge is 0.388 e. The number of rotatable bonds is 3. The Bertz CT molecular complexity index is 594. The van der Waals surface area contributed by atoms with Crippen molar-refractivity contribution in [1.82, 2.24) is 0 Å². The summed E-state index contributed by atoms with van der Waals surface area (Å²) in [6, 6.07) is 12.8. The lowest BCUT2D eigenvalue weighted by molar-refractivity contribution is 0.102. The summed E-state index contributed by atoms with van der Waals surface area (Å²) in [7, 11) is 1.83. The Labute approximate surface area is 117 Å². The van der Waals surface area contributed by atoms with Crippen LogP contribution in [-0.4, -0.2) is 13.0 Å². The average Bonchev–Trinajstić information content (AvgIpc) is 2.43. The third kappa shape index (κ3) is 3.26. The van der Waals surface area contributed by atoms with E-state index in [1.165, 1.54) is 0 Å². The molecule has 0 saturated heterocycles. The first-order chi connectivity index (χ1) is 9.10. The zero-order valence-corrected chi connectivity index (χ0v) is 11.6. The molecule has 4 heteroatoms. The molecule has 0 saturated carbocycles. The van der Waals surface area contributed by atoms with Gasteiger partial charge in [-0.3, -0.25) is 4.79 Å². The molecule has 0 aliphatic rings. The summed E-state index contributed by atoms with van der Waals surface area (Å²) in [6.07, 6.45) is 0. The molecule has 0 spiro atoms. The number of anilines is 2. The summed E-state index contributed by atoms with van der Waals surface area (Å²) >= 11 is 6.05. The molecule has 0 aliphatic heterocycles. The van der Waals surface area contributed by atoms with Gasteiger partial charge in [0, 0.05) is 18.3 Å². The molecule has 0 aliphatic carbocycles. The van der Waals surface area contributed by atoms with E-state index >= 15 is 0 Å². The Morgan fingerprint density at radius 3 is 2.42 bits per heavy atom. The van der Waals surface area contributed by atoms with Gasteiger partial charge >= 0.3 is 0 Å². The molecule has 2 N–H and O–H groups in total. The van der Waals surface area contributed by atoms with Crippen LogP contribution >= 0.6 is 11.6 Å². The standard InChI is InChI=1S/C15H15ClN2O/c1-10-3-8-13(16)14(9-10)18-15(19)11-4-6-12(17-2)7-5-11/h3-9,17H,1-2H3,(H,18,19). The summed E-state index contributed by atoms with van der Waals surface area (Å²) in [5.74, 6) is -0.171. The van der Waals surface area contributed by atoms with Crippen LogP contribution in [0.3, 0.4) is 0 Å². The second-order valence-electron chi connectivity index (χ2n) is 4.26. The number of hydrogen-bond acceptors (Lipinski definition) is 2. The second kappa shape index (κ2) is 5.76. The van der Waals surface area contributed by atoms with Crippen molar-refractivity contribution in [2.45, 2.75) is 6.92 Å². The SMILES string of the molecule is CNc1ccc(C(=O)Nc2cc(C)ccc2Cl)cc1. The van der Waals surface area contributed by atoms with E-state index in [1.54, 1.807) is 18.2 Å². The molecule has 0 bridgehead atoms. The van der Waals surface area contributed by atoms with Crippen molar-refractivity contribution < 1.29 is 4.79 Å². The van der Waals surface area contributed by atoms with Gasteiger partial charge in [0.15, 0.2) is 0 Å². The van der Waals surface area contributed by atoms with Crippen molar-refractivity contribution in [1.29, 1.82) is 0 Å². The lowest BCUT2D eigenvalue weighted by atomic mass is 10.1. The van der Waals surface area contributed by atoms with E-state index in [4.69, 9.17) is 11.6 Å². The van der Waals surface area contributed by atoms with Crippen LogP contribution < -0.4 is 10.6 Å². The molecule has 19 heavy (non-hydrogen) atoms. The molecular weight excluding hydrogens is 260 g/mol. The molecule has 98 valence electrons. The van der Waals surface area contributed by atoms with Gasteiger partial charge in [-0.1, -0.05) is 17.7 Å². The van der Waals surface area contributed by atoms with Crippen LogP contribution in [0.15, 0.2) is 42.5 Å². The molecule has 0 atom stereocenters. The lowest BCUT2D eigenvalue weighted by Gasteiger charge is -2.08. The van der Waals surface area contributed by atoms with E-state index < -0.39 is 0 Å². The van der Waals surface area contributed by atoms with E-state index in [1.807, 2.05) is 38.2 Å². The first-order valence-corrected chi connectivity index (χ1v) is 6.33. The van der Waals surface area contributed by atoms with Crippen molar-refractivity contribution in [3.63, 3.8) is 0 Å². The number of aryl methyl sites for hydroxylation is 1. The number of carbonyl (C=O) groups excluding carboxylic acids is 1. The average molecular weight is 275 g/mol. The highest BCUT2D eigenvalue weighted by atomic mass is 35.5.